The van der Waals surface area contributed by atoms with E-state index in [0.717, 1.165) is 23.0 Å². The lowest BCUT2D eigenvalue weighted by Gasteiger charge is -2.29. The molecule has 1 atom stereocenters. The first-order valence-electron chi connectivity index (χ1n) is 10.6. The van der Waals surface area contributed by atoms with Crippen molar-refractivity contribution in [2.24, 2.45) is 0 Å². The molecule has 1 aliphatic rings. The van der Waals surface area contributed by atoms with E-state index in [4.69, 9.17) is 4.74 Å². The largest absolute Gasteiger partial charge is 0.497 e. The summed E-state index contributed by atoms with van der Waals surface area (Å²) in [6.45, 7) is 3.80. The first-order chi connectivity index (χ1) is 14.8. The Balaban J connectivity index is 1.57. The van der Waals surface area contributed by atoms with Crippen LogP contribution in [0.25, 0.3) is 0 Å². The smallest absolute Gasteiger partial charge is 0.243 e. The van der Waals surface area contributed by atoms with Gasteiger partial charge < -0.3 is 15.0 Å². The van der Waals surface area contributed by atoms with E-state index < -0.39 is 10.0 Å². The Bertz CT molecular complexity index is 969. The molecule has 3 rings (SSSR count). The van der Waals surface area contributed by atoms with Gasteiger partial charge in [0.25, 0.3) is 0 Å². The Hall–Kier alpha value is -2.58. The number of carbonyl (C=O) groups excluding carboxylic acids is 1. The van der Waals surface area contributed by atoms with Crippen molar-refractivity contribution < 1.29 is 17.9 Å². The zero-order valence-electron chi connectivity index (χ0n) is 18.4. The predicted octanol–water partition coefficient (Wildman–Crippen LogP) is 3.18. The van der Waals surface area contributed by atoms with Crippen LogP contribution in [0.2, 0.25) is 0 Å². The van der Waals surface area contributed by atoms with Gasteiger partial charge >= 0.3 is 0 Å². The van der Waals surface area contributed by atoms with Gasteiger partial charge in [-0.15, -0.1) is 0 Å². The zero-order chi connectivity index (χ0) is 22.4. The molecular weight excluding hydrogens is 414 g/mol. The third kappa shape index (κ3) is 5.77. The SMILES string of the molecule is COc1ccc(S(=O)(=O)N(C)CC(=O)N[C@H](C)c2ccc(N3CCCCC3)cc2)cc1. The van der Waals surface area contributed by atoms with Crippen molar-refractivity contribution in [1.29, 1.82) is 0 Å². The minimum Gasteiger partial charge on any atom is -0.497 e. The lowest BCUT2D eigenvalue weighted by atomic mass is 10.1. The van der Waals surface area contributed by atoms with Gasteiger partial charge in [-0.2, -0.15) is 4.31 Å². The van der Waals surface area contributed by atoms with E-state index in [1.54, 1.807) is 12.1 Å². The van der Waals surface area contributed by atoms with Crippen molar-refractivity contribution in [2.75, 3.05) is 38.7 Å². The number of methoxy groups -OCH3 is 1. The van der Waals surface area contributed by atoms with Crippen molar-refractivity contribution in [3.05, 3.63) is 54.1 Å². The average Bonchev–Trinajstić information content (AvgIpc) is 2.79. The lowest BCUT2D eigenvalue weighted by molar-refractivity contribution is -0.121. The van der Waals surface area contributed by atoms with E-state index >= 15 is 0 Å². The molecule has 2 aromatic carbocycles. The van der Waals surface area contributed by atoms with Crippen LogP contribution in [0.3, 0.4) is 0 Å². The first-order valence-corrected chi connectivity index (χ1v) is 12.0. The minimum atomic E-state index is -3.77. The maximum Gasteiger partial charge on any atom is 0.243 e. The Morgan fingerprint density at radius 1 is 1.06 bits per heavy atom. The lowest BCUT2D eigenvalue weighted by Crippen LogP contribution is -2.39. The normalized spacial score (nSPS) is 15.5. The topological polar surface area (TPSA) is 79.0 Å². The number of anilines is 1. The molecule has 1 amide bonds. The molecule has 168 valence electrons. The van der Waals surface area contributed by atoms with Crippen LogP contribution in [0.1, 0.15) is 37.8 Å². The molecular formula is C23H31N3O4S. The van der Waals surface area contributed by atoms with E-state index in [1.165, 1.54) is 51.2 Å². The number of carbonyl (C=O) groups is 1. The highest BCUT2D eigenvalue weighted by molar-refractivity contribution is 7.89. The fraction of sp³-hybridized carbons (Fsp3) is 0.435. The van der Waals surface area contributed by atoms with Crippen LogP contribution in [0.5, 0.6) is 5.75 Å². The summed E-state index contributed by atoms with van der Waals surface area (Å²) in [5.74, 6) is 0.215. The van der Waals surface area contributed by atoms with Gasteiger partial charge in [-0.05, 0) is 68.1 Å². The molecule has 1 fully saturated rings. The van der Waals surface area contributed by atoms with Gasteiger partial charge in [-0.25, -0.2) is 8.42 Å². The average molecular weight is 446 g/mol. The minimum absolute atomic E-state index is 0.116. The number of piperidine rings is 1. The highest BCUT2D eigenvalue weighted by atomic mass is 32.2. The molecule has 1 heterocycles. The maximum absolute atomic E-state index is 12.7. The number of hydrogen-bond donors (Lipinski definition) is 1. The van der Waals surface area contributed by atoms with Crippen LogP contribution in [0, 0.1) is 0 Å². The molecule has 1 N–H and O–H groups in total. The van der Waals surface area contributed by atoms with E-state index in [0.29, 0.717) is 5.75 Å². The molecule has 31 heavy (non-hydrogen) atoms. The summed E-state index contributed by atoms with van der Waals surface area (Å²) in [5.41, 5.74) is 2.18. The Morgan fingerprint density at radius 2 is 1.68 bits per heavy atom. The van der Waals surface area contributed by atoms with Gasteiger partial charge in [0.05, 0.1) is 24.6 Å². The van der Waals surface area contributed by atoms with E-state index in [-0.39, 0.29) is 23.4 Å². The second-order valence-electron chi connectivity index (χ2n) is 7.87. The Morgan fingerprint density at radius 3 is 2.26 bits per heavy atom. The number of rotatable bonds is 8. The van der Waals surface area contributed by atoms with E-state index in [9.17, 15) is 13.2 Å². The standard InChI is InChI=1S/C23H31N3O4S/c1-18(19-7-9-20(10-8-19)26-15-5-4-6-16-26)24-23(27)17-25(2)31(28,29)22-13-11-21(30-3)12-14-22/h7-14,18H,4-6,15-17H2,1-3H3,(H,24,27)/t18-/m1/s1. The second kappa shape index (κ2) is 10.2. The monoisotopic (exact) mass is 445 g/mol. The molecule has 1 aliphatic heterocycles. The molecule has 0 aromatic heterocycles. The third-order valence-corrected chi connectivity index (χ3v) is 7.44. The van der Waals surface area contributed by atoms with Crippen LogP contribution in [0.15, 0.2) is 53.4 Å². The summed E-state index contributed by atoms with van der Waals surface area (Å²) in [6.07, 6.45) is 3.74. The van der Waals surface area contributed by atoms with Crippen LogP contribution >= 0.6 is 0 Å². The van der Waals surface area contributed by atoms with Crippen molar-refractivity contribution in [2.45, 2.75) is 37.1 Å². The molecule has 0 spiro atoms. The van der Waals surface area contributed by atoms with Crippen molar-refractivity contribution in [3.8, 4) is 5.75 Å². The number of amides is 1. The van der Waals surface area contributed by atoms with Gasteiger partial charge in [-0.1, -0.05) is 12.1 Å². The number of hydrogen-bond acceptors (Lipinski definition) is 5. The molecule has 7 nitrogen and oxygen atoms in total. The highest BCUT2D eigenvalue weighted by Gasteiger charge is 2.23. The number of ether oxygens (including phenoxy) is 1. The van der Waals surface area contributed by atoms with Gasteiger partial charge in [0, 0.05) is 25.8 Å². The number of nitrogens with zero attached hydrogens (tertiary/aromatic N) is 2. The zero-order valence-corrected chi connectivity index (χ0v) is 19.2. The van der Waals surface area contributed by atoms with Crippen molar-refractivity contribution >= 4 is 21.6 Å². The molecule has 0 aliphatic carbocycles. The number of nitrogens with one attached hydrogen (secondary N) is 1. The van der Waals surface area contributed by atoms with E-state index in [2.05, 4.69) is 22.3 Å². The van der Waals surface area contributed by atoms with Gasteiger partial charge in [0.15, 0.2) is 0 Å². The van der Waals surface area contributed by atoms with Gasteiger partial charge in [0.2, 0.25) is 15.9 Å². The molecule has 1 saturated heterocycles. The first kappa shape index (κ1) is 23.1. The Kier molecular flexibility index (Phi) is 7.56. The quantitative estimate of drug-likeness (QED) is 0.675. The summed E-state index contributed by atoms with van der Waals surface area (Å²) in [7, 11) is -0.850. The van der Waals surface area contributed by atoms with Crippen molar-refractivity contribution in [3.63, 3.8) is 0 Å². The predicted molar refractivity (Wildman–Crippen MR) is 122 cm³/mol. The fourth-order valence-corrected chi connectivity index (χ4v) is 4.84. The molecule has 0 radical (unpaired) electrons. The van der Waals surface area contributed by atoms with E-state index in [1.807, 2.05) is 19.1 Å². The van der Waals surface area contributed by atoms with Crippen molar-refractivity contribution in [1.82, 2.24) is 9.62 Å². The molecule has 0 bridgehead atoms. The molecule has 8 heteroatoms. The summed E-state index contributed by atoms with van der Waals surface area (Å²) >= 11 is 0. The third-order valence-electron chi connectivity index (χ3n) is 5.63. The Labute approximate surface area is 185 Å². The number of benzene rings is 2. The molecule has 0 unspecified atom stereocenters. The maximum atomic E-state index is 12.7. The highest BCUT2D eigenvalue weighted by Crippen LogP contribution is 2.23. The van der Waals surface area contributed by atoms with Crippen LogP contribution < -0.4 is 15.0 Å². The van der Waals surface area contributed by atoms with Crippen LogP contribution in [0.4, 0.5) is 5.69 Å². The summed E-state index contributed by atoms with van der Waals surface area (Å²) in [6, 6.07) is 14.1. The summed E-state index contributed by atoms with van der Waals surface area (Å²) in [4.78, 5) is 15.0. The number of sulfonamides is 1. The second-order valence-corrected chi connectivity index (χ2v) is 9.91. The van der Waals surface area contributed by atoms with Crippen LogP contribution in [-0.2, 0) is 14.8 Å². The summed E-state index contributed by atoms with van der Waals surface area (Å²) < 4.78 is 31.5. The molecule has 2 aromatic rings. The molecule has 0 saturated carbocycles. The summed E-state index contributed by atoms with van der Waals surface area (Å²) in [5, 5.41) is 2.89. The van der Waals surface area contributed by atoms with Gasteiger partial charge in [0.1, 0.15) is 5.75 Å². The van der Waals surface area contributed by atoms with Crippen LogP contribution in [-0.4, -0.2) is 52.4 Å². The number of likely N-dealkylation sites (N-methyl/N-ethyl adjacent to an activating group) is 1. The van der Waals surface area contributed by atoms with Gasteiger partial charge in [-0.3, -0.25) is 4.79 Å². The fourth-order valence-electron chi connectivity index (χ4n) is 3.71.